The molecule has 1 N–H and O–H groups in total. The van der Waals surface area contributed by atoms with E-state index in [0.717, 1.165) is 11.1 Å². The summed E-state index contributed by atoms with van der Waals surface area (Å²) in [6, 6.07) is 9.77. The molecule has 0 saturated heterocycles. The molecule has 0 aliphatic heterocycles. The zero-order valence-corrected chi connectivity index (χ0v) is 13.3. The highest BCUT2D eigenvalue weighted by Crippen LogP contribution is 2.22. The lowest BCUT2D eigenvalue weighted by Crippen LogP contribution is -2.17. The molecule has 0 fully saturated rings. The highest BCUT2D eigenvalue weighted by atomic mass is 16.6. The normalized spacial score (nSPS) is 10.8. The quantitative estimate of drug-likeness (QED) is 0.589. The molecule has 2 heterocycles. The van der Waals surface area contributed by atoms with Crippen LogP contribution in [0.3, 0.4) is 0 Å². The average molecular weight is 324 g/mol. The third-order valence-corrected chi connectivity index (χ3v) is 3.75. The molecule has 3 rings (SSSR count). The Kier molecular flexibility index (Phi) is 3.99. The standard InChI is InChI=1S/C17H16N4O3/c1-11-3-6-16-19-13(7-17(22)20(16)10-11)9-18-15-8-14(21(23)24)5-4-12(15)2/h3-8,10,18H,9H2,1-2H3. The van der Waals surface area contributed by atoms with Crippen LogP contribution in [0.15, 0.2) is 47.4 Å². The van der Waals surface area contributed by atoms with Crippen LogP contribution in [-0.4, -0.2) is 14.3 Å². The summed E-state index contributed by atoms with van der Waals surface area (Å²) in [5, 5.41) is 14.0. The lowest BCUT2D eigenvalue weighted by atomic mass is 10.2. The molecule has 122 valence electrons. The molecule has 3 aromatic rings. The molecular formula is C17H16N4O3. The Labute approximate surface area is 137 Å². The molecule has 0 amide bonds. The maximum absolute atomic E-state index is 12.2. The Morgan fingerprint density at radius 1 is 1.21 bits per heavy atom. The number of non-ortho nitro benzene ring substituents is 1. The summed E-state index contributed by atoms with van der Waals surface area (Å²) in [7, 11) is 0. The van der Waals surface area contributed by atoms with Gasteiger partial charge in [0.1, 0.15) is 5.65 Å². The van der Waals surface area contributed by atoms with E-state index in [0.29, 0.717) is 23.6 Å². The van der Waals surface area contributed by atoms with Crippen LogP contribution < -0.4 is 10.9 Å². The Balaban J connectivity index is 1.89. The van der Waals surface area contributed by atoms with Crippen molar-refractivity contribution in [2.45, 2.75) is 20.4 Å². The van der Waals surface area contributed by atoms with E-state index < -0.39 is 4.92 Å². The van der Waals surface area contributed by atoms with Gasteiger partial charge in [-0.2, -0.15) is 0 Å². The van der Waals surface area contributed by atoms with Gasteiger partial charge >= 0.3 is 0 Å². The number of aromatic nitrogens is 2. The molecule has 0 saturated carbocycles. The summed E-state index contributed by atoms with van der Waals surface area (Å²) in [6.45, 7) is 4.07. The number of pyridine rings is 1. The zero-order valence-electron chi connectivity index (χ0n) is 13.3. The van der Waals surface area contributed by atoms with E-state index in [1.54, 1.807) is 18.3 Å². The van der Waals surface area contributed by atoms with Crippen molar-refractivity contribution in [1.82, 2.24) is 9.38 Å². The van der Waals surface area contributed by atoms with Gasteiger partial charge in [0.2, 0.25) is 0 Å². The summed E-state index contributed by atoms with van der Waals surface area (Å²) in [6.07, 6.45) is 1.74. The minimum absolute atomic E-state index is 0.0186. The monoisotopic (exact) mass is 324 g/mol. The van der Waals surface area contributed by atoms with Gasteiger partial charge in [0, 0.05) is 30.1 Å². The number of anilines is 1. The van der Waals surface area contributed by atoms with Crippen molar-refractivity contribution in [3.8, 4) is 0 Å². The van der Waals surface area contributed by atoms with E-state index in [1.807, 2.05) is 19.9 Å². The molecule has 0 bridgehead atoms. The fraction of sp³-hybridized carbons (Fsp3) is 0.176. The lowest BCUT2D eigenvalue weighted by molar-refractivity contribution is -0.384. The number of fused-ring (bicyclic) bond motifs is 1. The molecule has 24 heavy (non-hydrogen) atoms. The van der Waals surface area contributed by atoms with Crippen molar-refractivity contribution >= 4 is 17.0 Å². The number of rotatable bonds is 4. The van der Waals surface area contributed by atoms with Crippen LogP contribution >= 0.6 is 0 Å². The molecular weight excluding hydrogens is 308 g/mol. The van der Waals surface area contributed by atoms with Gasteiger partial charge in [-0.1, -0.05) is 12.1 Å². The highest BCUT2D eigenvalue weighted by molar-refractivity contribution is 5.57. The SMILES string of the molecule is Cc1ccc2nc(CNc3cc([N+](=O)[O-])ccc3C)cc(=O)n2c1. The number of aryl methyl sites for hydroxylation is 2. The zero-order chi connectivity index (χ0) is 17.3. The van der Waals surface area contributed by atoms with Crippen LogP contribution in [0.5, 0.6) is 0 Å². The minimum Gasteiger partial charge on any atom is -0.379 e. The first-order chi connectivity index (χ1) is 11.4. The van der Waals surface area contributed by atoms with Gasteiger partial charge < -0.3 is 5.32 Å². The van der Waals surface area contributed by atoms with Crippen molar-refractivity contribution in [3.05, 3.63) is 79.9 Å². The molecule has 7 heteroatoms. The molecule has 2 aromatic heterocycles. The summed E-state index contributed by atoms with van der Waals surface area (Å²) in [5.74, 6) is 0. The predicted molar refractivity (Wildman–Crippen MR) is 91.4 cm³/mol. The van der Waals surface area contributed by atoms with E-state index in [9.17, 15) is 14.9 Å². The van der Waals surface area contributed by atoms with E-state index in [1.165, 1.54) is 22.6 Å². The van der Waals surface area contributed by atoms with Crippen LogP contribution in [0.1, 0.15) is 16.8 Å². The lowest BCUT2D eigenvalue weighted by Gasteiger charge is -2.10. The van der Waals surface area contributed by atoms with Crippen molar-refractivity contribution in [2.75, 3.05) is 5.32 Å². The van der Waals surface area contributed by atoms with Gasteiger partial charge in [0.05, 0.1) is 17.2 Å². The van der Waals surface area contributed by atoms with Crippen LogP contribution in [0.2, 0.25) is 0 Å². The van der Waals surface area contributed by atoms with Crippen molar-refractivity contribution < 1.29 is 4.92 Å². The van der Waals surface area contributed by atoms with Gasteiger partial charge in [-0.25, -0.2) is 4.98 Å². The third kappa shape index (κ3) is 3.10. The van der Waals surface area contributed by atoms with Gasteiger partial charge in [-0.15, -0.1) is 0 Å². The van der Waals surface area contributed by atoms with Crippen molar-refractivity contribution in [3.63, 3.8) is 0 Å². The second-order valence-electron chi connectivity index (χ2n) is 5.63. The maximum atomic E-state index is 12.2. The molecule has 0 aliphatic rings. The number of nitrogens with one attached hydrogen (secondary N) is 1. The van der Waals surface area contributed by atoms with E-state index in [-0.39, 0.29) is 11.2 Å². The van der Waals surface area contributed by atoms with Gasteiger partial charge in [-0.05, 0) is 31.0 Å². The molecule has 7 nitrogen and oxygen atoms in total. The molecule has 0 aliphatic carbocycles. The summed E-state index contributed by atoms with van der Waals surface area (Å²) < 4.78 is 1.50. The summed E-state index contributed by atoms with van der Waals surface area (Å²) >= 11 is 0. The van der Waals surface area contributed by atoms with Crippen molar-refractivity contribution in [2.24, 2.45) is 0 Å². The molecule has 1 aromatic carbocycles. The number of nitro benzene ring substituents is 1. The van der Waals surface area contributed by atoms with E-state index >= 15 is 0 Å². The minimum atomic E-state index is -0.437. The fourth-order valence-electron chi connectivity index (χ4n) is 2.45. The predicted octanol–water partition coefficient (Wildman–Crippen LogP) is 2.83. The first kappa shape index (κ1) is 15.7. The number of hydrogen-bond donors (Lipinski definition) is 1. The number of hydrogen-bond acceptors (Lipinski definition) is 5. The Hall–Kier alpha value is -3.22. The van der Waals surface area contributed by atoms with Crippen LogP contribution in [0, 0.1) is 24.0 Å². The number of nitro groups is 1. The Morgan fingerprint density at radius 3 is 2.75 bits per heavy atom. The smallest absolute Gasteiger partial charge is 0.271 e. The van der Waals surface area contributed by atoms with Gasteiger partial charge in [0.15, 0.2) is 0 Å². The number of nitrogens with zero attached hydrogens (tertiary/aromatic N) is 3. The molecule has 0 radical (unpaired) electrons. The van der Waals surface area contributed by atoms with Gasteiger partial charge in [-0.3, -0.25) is 19.3 Å². The first-order valence-corrected chi connectivity index (χ1v) is 7.42. The van der Waals surface area contributed by atoms with Crippen LogP contribution in [0.4, 0.5) is 11.4 Å². The average Bonchev–Trinajstić information content (AvgIpc) is 2.54. The molecule has 0 atom stereocenters. The maximum Gasteiger partial charge on any atom is 0.271 e. The van der Waals surface area contributed by atoms with Crippen LogP contribution in [-0.2, 0) is 6.54 Å². The molecule has 0 unspecified atom stereocenters. The second kappa shape index (κ2) is 6.11. The Bertz CT molecular complexity index is 995. The largest absolute Gasteiger partial charge is 0.379 e. The summed E-state index contributed by atoms with van der Waals surface area (Å²) in [4.78, 5) is 27.1. The first-order valence-electron chi connectivity index (χ1n) is 7.42. The number of benzene rings is 1. The Morgan fingerprint density at radius 2 is 2.00 bits per heavy atom. The second-order valence-corrected chi connectivity index (χ2v) is 5.63. The van der Waals surface area contributed by atoms with Gasteiger partial charge in [0.25, 0.3) is 11.2 Å². The third-order valence-electron chi connectivity index (χ3n) is 3.75. The topological polar surface area (TPSA) is 89.5 Å². The summed E-state index contributed by atoms with van der Waals surface area (Å²) in [5.41, 5.74) is 3.52. The van der Waals surface area contributed by atoms with Crippen molar-refractivity contribution in [1.29, 1.82) is 0 Å². The highest BCUT2D eigenvalue weighted by Gasteiger charge is 2.09. The van der Waals surface area contributed by atoms with E-state index in [2.05, 4.69) is 10.3 Å². The molecule has 0 spiro atoms. The van der Waals surface area contributed by atoms with Crippen LogP contribution in [0.25, 0.3) is 5.65 Å². The fourth-order valence-corrected chi connectivity index (χ4v) is 2.45. The van der Waals surface area contributed by atoms with E-state index in [4.69, 9.17) is 0 Å².